The Bertz CT molecular complexity index is 1150. The highest BCUT2D eigenvalue weighted by molar-refractivity contribution is 7.92. The van der Waals surface area contributed by atoms with Crippen LogP contribution in [-0.2, 0) is 26.2 Å². The summed E-state index contributed by atoms with van der Waals surface area (Å²) in [5.74, 6) is -1.22. The summed E-state index contributed by atoms with van der Waals surface area (Å²) in [5, 5.41) is 2.91. The molecular formula is C26H36FN3O4S. The molecule has 0 aromatic heterocycles. The van der Waals surface area contributed by atoms with E-state index < -0.39 is 27.4 Å². The lowest BCUT2D eigenvalue weighted by molar-refractivity contribution is -0.141. The van der Waals surface area contributed by atoms with E-state index in [-0.39, 0.29) is 43.4 Å². The normalized spacial score (nSPS) is 12.7. The highest BCUT2D eigenvalue weighted by atomic mass is 32.2. The van der Waals surface area contributed by atoms with Crippen molar-refractivity contribution < 1.29 is 22.4 Å². The second kappa shape index (κ2) is 11.7. The van der Waals surface area contributed by atoms with Crippen molar-refractivity contribution in [3.05, 3.63) is 65.5 Å². The van der Waals surface area contributed by atoms with Gasteiger partial charge in [0.05, 0.1) is 11.9 Å². The van der Waals surface area contributed by atoms with Gasteiger partial charge in [-0.2, -0.15) is 0 Å². The van der Waals surface area contributed by atoms with Crippen LogP contribution in [0, 0.1) is 12.7 Å². The van der Waals surface area contributed by atoms with Crippen LogP contribution in [0.25, 0.3) is 0 Å². The number of carbonyl (C=O) groups excluding carboxylic acids is 2. The zero-order chi connectivity index (χ0) is 26.4. The third kappa shape index (κ3) is 8.65. The van der Waals surface area contributed by atoms with E-state index in [0.29, 0.717) is 0 Å². The predicted octanol–water partition coefficient (Wildman–Crippen LogP) is 4.01. The first kappa shape index (κ1) is 28.3. The van der Waals surface area contributed by atoms with Gasteiger partial charge < -0.3 is 10.2 Å². The molecule has 0 saturated heterocycles. The quantitative estimate of drug-likeness (QED) is 0.529. The molecule has 0 aliphatic carbocycles. The van der Waals surface area contributed by atoms with E-state index in [1.807, 2.05) is 52.0 Å². The van der Waals surface area contributed by atoms with Crippen LogP contribution in [-0.4, -0.2) is 49.5 Å². The summed E-state index contributed by atoms with van der Waals surface area (Å²) in [6.07, 6.45) is 1.17. The number of hydrogen-bond donors (Lipinski definition) is 1. The molecule has 35 heavy (non-hydrogen) atoms. The summed E-state index contributed by atoms with van der Waals surface area (Å²) in [4.78, 5) is 27.6. The van der Waals surface area contributed by atoms with E-state index >= 15 is 0 Å². The van der Waals surface area contributed by atoms with E-state index in [0.717, 1.165) is 21.7 Å². The van der Waals surface area contributed by atoms with Crippen molar-refractivity contribution in [2.45, 2.75) is 65.6 Å². The van der Waals surface area contributed by atoms with Gasteiger partial charge in [0.2, 0.25) is 21.8 Å². The van der Waals surface area contributed by atoms with Gasteiger partial charge in [-0.15, -0.1) is 0 Å². The van der Waals surface area contributed by atoms with Gasteiger partial charge in [-0.25, -0.2) is 12.8 Å². The average molecular weight is 506 g/mol. The molecule has 1 N–H and O–H groups in total. The lowest BCUT2D eigenvalue weighted by Gasteiger charge is -2.32. The fourth-order valence-electron chi connectivity index (χ4n) is 3.70. The van der Waals surface area contributed by atoms with Crippen molar-refractivity contribution in [3.63, 3.8) is 0 Å². The van der Waals surface area contributed by atoms with E-state index in [1.165, 1.54) is 23.1 Å². The van der Waals surface area contributed by atoms with Crippen molar-refractivity contribution in [1.82, 2.24) is 10.2 Å². The van der Waals surface area contributed by atoms with Crippen LogP contribution in [0.4, 0.5) is 10.1 Å². The Hall–Kier alpha value is -2.94. The van der Waals surface area contributed by atoms with Crippen LogP contribution >= 0.6 is 0 Å². The fraction of sp³-hybridized carbons (Fsp3) is 0.462. The summed E-state index contributed by atoms with van der Waals surface area (Å²) in [6, 6.07) is 12.6. The van der Waals surface area contributed by atoms with Gasteiger partial charge in [-0.05, 0) is 58.7 Å². The minimum Gasteiger partial charge on any atom is -0.350 e. The van der Waals surface area contributed by atoms with E-state index in [9.17, 15) is 22.4 Å². The monoisotopic (exact) mass is 505 g/mol. The Morgan fingerprint density at radius 1 is 1.09 bits per heavy atom. The van der Waals surface area contributed by atoms with Gasteiger partial charge in [-0.3, -0.25) is 13.9 Å². The van der Waals surface area contributed by atoms with Crippen LogP contribution in [0.1, 0.15) is 51.7 Å². The van der Waals surface area contributed by atoms with Crippen molar-refractivity contribution in [2.24, 2.45) is 0 Å². The average Bonchev–Trinajstić information content (AvgIpc) is 2.73. The zero-order valence-electron chi connectivity index (χ0n) is 21.3. The topological polar surface area (TPSA) is 86.8 Å². The van der Waals surface area contributed by atoms with Crippen LogP contribution in [0.3, 0.4) is 0 Å². The lowest BCUT2D eigenvalue weighted by Crippen LogP contribution is -2.52. The first-order valence-corrected chi connectivity index (χ1v) is 13.4. The van der Waals surface area contributed by atoms with E-state index in [4.69, 9.17) is 0 Å². The number of halogens is 1. The Balaban J connectivity index is 2.20. The number of anilines is 1. The van der Waals surface area contributed by atoms with Crippen molar-refractivity contribution in [2.75, 3.05) is 17.1 Å². The first-order valence-electron chi connectivity index (χ1n) is 11.6. The SMILES string of the molecule is Cc1cccc(CN(C(=O)CCCN(c2ccccc2F)S(C)(=O)=O)C(C)C(=O)NC(C)(C)C)c1. The first-order chi connectivity index (χ1) is 16.2. The van der Waals surface area contributed by atoms with Crippen molar-refractivity contribution in [3.8, 4) is 0 Å². The van der Waals surface area contributed by atoms with Gasteiger partial charge in [0.25, 0.3) is 0 Å². The largest absolute Gasteiger partial charge is 0.350 e. The molecule has 0 bridgehead atoms. The zero-order valence-corrected chi connectivity index (χ0v) is 22.2. The number of amides is 2. The maximum atomic E-state index is 14.3. The summed E-state index contributed by atoms with van der Waals surface area (Å²) in [5.41, 5.74) is 1.41. The Kier molecular flexibility index (Phi) is 9.43. The molecule has 2 rings (SSSR count). The summed E-state index contributed by atoms with van der Waals surface area (Å²) in [7, 11) is -3.76. The van der Waals surface area contributed by atoms with Crippen molar-refractivity contribution >= 4 is 27.5 Å². The minimum atomic E-state index is -3.76. The molecule has 2 aromatic rings. The second-order valence-corrected chi connectivity index (χ2v) is 11.7. The number of aryl methyl sites for hydroxylation is 1. The molecule has 0 aliphatic rings. The Labute approximate surface area is 208 Å². The Morgan fingerprint density at radius 3 is 2.31 bits per heavy atom. The summed E-state index contributed by atoms with van der Waals surface area (Å²) < 4.78 is 39.8. The standard InChI is InChI=1S/C26H36FN3O4S/c1-19-11-9-12-21(17-19)18-29(20(2)25(32)28-26(3,4)5)24(31)15-10-16-30(35(6,33)34)23-14-8-7-13-22(23)27/h7-9,11-14,17,20H,10,15-16,18H2,1-6H3,(H,28,32). The molecule has 0 radical (unpaired) electrons. The molecule has 1 unspecified atom stereocenters. The molecule has 0 saturated carbocycles. The predicted molar refractivity (Wildman–Crippen MR) is 137 cm³/mol. The number of nitrogens with zero attached hydrogens (tertiary/aromatic N) is 2. The number of sulfonamides is 1. The van der Waals surface area contributed by atoms with Gasteiger partial charge in [0, 0.05) is 25.0 Å². The third-order valence-corrected chi connectivity index (χ3v) is 6.55. The number of hydrogen-bond acceptors (Lipinski definition) is 4. The second-order valence-electron chi connectivity index (χ2n) is 9.82. The number of para-hydroxylation sites is 1. The smallest absolute Gasteiger partial charge is 0.242 e. The van der Waals surface area contributed by atoms with Crippen LogP contribution in [0.2, 0.25) is 0 Å². The molecule has 0 spiro atoms. The molecule has 2 aromatic carbocycles. The minimum absolute atomic E-state index is 0.000569. The molecule has 1 atom stereocenters. The van der Waals surface area contributed by atoms with Crippen molar-refractivity contribution in [1.29, 1.82) is 0 Å². The third-order valence-electron chi connectivity index (χ3n) is 5.37. The maximum Gasteiger partial charge on any atom is 0.242 e. The summed E-state index contributed by atoms with van der Waals surface area (Å²) in [6.45, 7) is 9.41. The van der Waals surface area contributed by atoms with Crippen LogP contribution in [0.5, 0.6) is 0 Å². The van der Waals surface area contributed by atoms with E-state index in [1.54, 1.807) is 13.0 Å². The van der Waals surface area contributed by atoms with Gasteiger partial charge in [-0.1, -0.05) is 42.0 Å². The van der Waals surface area contributed by atoms with Crippen LogP contribution in [0.15, 0.2) is 48.5 Å². The molecule has 0 fully saturated rings. The van der Waals surface area contributed by atoms with Gasteiger partial charge in [0.15, 0.2) is 0 Å². The molecule has 192 valence electrons. The highest BCUT2D eigenvalue weighted by Crippen LogP contribution is 2.22. The van der Waals surface area contributed by atoms with Gasteiger partial charge in [0.1, 0.15) is 11.9 Å². The van der Waals surface area contributed by atoms with Gasteiger partial charge >= 0.3 is 0 Å². The number of nitrogens with one attached hydrogen (secondary N) is 1. The van der Waals surface area contributed by atoms with E-state index in [2.05, 4.69) is 5.32 Å². The number of benzene rings is 2. The molecule has 0 aliphatic heterocycles. The molecule has 7 nitrogen and oxygen atoms in total. The molecular weight excluding hydrogens is 469 g/mol. The lowest BCUT2D eigenvalue weighted by atomic mass is 10.1. The van der Waals surface area contributed by atoms with Crippen LogP contribution < -0.4 is 9.62 Å². The highest BCUT2D eigenvalue weighted by Gasteiger charge is 2.29. The maximum absolute atomic E-state index is 14.3. The molecule has 0 heterocycles. The fourth-order valence-corrected chi connectivity index (χ4v) is 4.67. The summed E-state index contributed by atoms with van der Waals surface area (Å²) >= 11 is 0. The number of carbonyl (C=O) groups is 2. The molecule has 2 amide bonds. The Morgan fingerprint density at radius 2 is 1.74 bits per heavy atom. The number of rotatable bonds is 10. The molecule has 9 heteroatoms.